The molecule has 2 heteroatoms. The quantitative estimate of drug-likeness (QED) is 0.687. The van der Waals surface area contributed by atoms with Crippen molar-refractivity contribution in [1.29, 1.82) is 0 Å². The van der Waals surface area contributed by atoms with Gasteiger partial charge in [-0.2, -0.15) is 0 Å². The standard InChI is InChI=1S/C9H11ClO/c10-9(7-11)6-8-4-2-1-3-5-8/h1-5,9,11H,6-7H2/t9-/m1/s1. The molecule has 60 valence electrons. The van der Waals surface area contributed by atoms with Gasteiger partial charge >= 0.3 is 0 Å². The second-order valence-electron chi connectivity index (χ2n) is 2.47. The lowest BCUT2D eigenvalue weighted by atomic mass is 10.1. The Balaban J connectivity index is 2.51. The number of hydrogen-bond acceptors (Lipinski definition) is 1. The molecule has 1 aromatic carbocycles. The van der Waals surface area contributed by atoms with E-state index in [1.54, 1.807) is 0 Å². The first-order chi connectivity index (χ1) is 5.33. The monoisotopic (exact) mass is 170 g/mol. The van der Waals surface area contributed by atoms with Gasteiger partial charge in [0.2, 0.25) is 0 Å². The molecule has 0 fully saturated rings. The molecule has 0 aliphatic carbocycles. The van der Waals surface area contributed by atoms with Crippen LogP contribution in [0.3, 0.4) is 0 Å². The summed E-state index contributed by atoms with van der Waals surface area (Å²) in [6.07, 6.45) is 0.735. The van der Waals surface area contributed by atoms with Crippen molar-refractivity contribution in [3.05, 3.63) is 35.9 Å². The van der Waals surface area contributed by atoms with E-state index in [1.807, 2.05) is 30.3 Å². The van der Waals surface area contributed by atoms with E-state index in [0.29, 0.717) is 0 Å². The summed E-state index contributed by atoms with van der Waals surface area (Å²) in [6.45, 7) is 0.0381. The first-order valence-electron chi connectivity index (χ1n) is 3.62. The van der Waals surface area contributed by atoms with Crippen LogP contribution in [0.1, 0.15) is 5.56 Å². The van der Waals surface area contributed by atoms with E-state index in [1.165, 1.54) is 5.56 Å². The van der Waals surface area contributed by atoms with Crippen LogP contribution >= 0.6 is 11.6 Å². The van der Waals surface area contributed by atoms with Gasteiger partial charge in [-0.25, -0.2) is 0 Å². The van der Waals surface area contributed by atoms with Crippen molar-refractivity contribution in [2.75, 3.05) is 6.61 Å². The van der Waals surface area contributed by atoms with Crippen LogP contribution in [-0.4, -0.2) is 17.1 Å². The number of rotatable bonds is 3. The van der Waals surface area contributed by atoms with E-state index >= 15 is 0 Å². The van der Waals surface area contributed by atoms with Crippen LogP contribution in [0.15, 0.2) is 30.3 Å². The average Bonchev–Trinajstić information content (AvgIpc) is 2.06. The summed E-state index contributed by atoms with van der Waals surface area (Å²) in [5, 5.41) is 8.51. The van der Waals surface area contributed by atoms with Crippen LogP contribution in [-0.2, 0) is 6.42 Å². The molecule has 0 aromatic heterocycles. The largest absolute Gasteiger partial charge is 0.395 e. The van der Waals surface area contributed by atoms with Gasteiger partial charge in [0, 0.05) is 0 Å². The van der Waals surface area contributed by atoms with Crippen molar-refractivity contribution in [1.82, 2.24) is 0 Å². The van der Waals surface area contributed by atoms with Crippen molar-refractivity contribution in [3.8, 4) is 0 Å². The van der Waals surface area contributed by atoms with Gasteiger partial charge < -0.3 is 5.11 Å². The van der Waals surface area contributed by atoms with E-state index in [0.717, 1.165) is 6.42 Å². The third-order valence-corrected chi connectivity index (χ3v) is 1.79. The Labute approximate surface area is 71.6 Å². The van der Waals surface area contributed by atoms with Crippen LogP contribution in [0, 0.1) is 0 Å². The second-order valence-corrected chi connectivity index (χ2v) is 3.09. The molecule has 1 aromatic rings. The molecule has 1 nitrogen and oxygen atoms in total. The lowest BCUT2D eigenvalue weighted by molar-refractivity contribution is 0.292. The molecular weight excluding hydrogens is 160 g/mol. The molecule has 0 spiro atoms. The van der Waals surface area contributed by atoms with Crippen LogP contribution in [0.2, 0.25) is 0 Å². The van der Waals surface area contributed by atoms with E-state index in [9.17, 15) is 0 Å². The van der Waals surface area contributed by atoms with Gasteiger partial charge in [0.1, 0.15) is 0 Å². The molecule has 11 heavy (non-hydrogen) atoms. The fraction of sp³-hybridized carbons (Fsp3) is 0.333. The van der Waals surface area contributed by atoms with Crippen molar-refractivity contribution in [3.63, 3.8) is 0 Å². The predicted octanol–water partition coefficient (Wildman–Crippen LogP) is 1.83. The highest BCUT2D eigenvalue weighted by Crippen LogP contribution is 2.06. The molecule has 0 heterocycles. The molecule has 0 unspecified atom stereocenters. The molecule has 0 saturated carbocycles. The van der Waals surface area contributed by atoms with E-state index in [-0.39, 0.29) is 12.0 Å². The van der Waals surface area contributed by atoms with Crippen molar-refractivity contribution >= 4 is 11.6 Å². The van der Waals surface area contributed by atoms with Gasteiger partial charge in [0.15, 0.2) is 0 Å². The van der Waals surface area contributed by atoms with Gasteiger partial charge in [-0.15, -0.1) is 11.6 Å². The maximum absolute atomic E-state index is 8.66. The van der Waals surface area contributed by atoms with Gasteiger partial charge in [0.25, 0.3) is 0 Å². The Kier molecular flexibility index (Phi) is 3.40. The molecule has 0 amide bonds. The topological polar surface area (TPSA) is 20.2 Å². The molecule has 0 aliphatic heterocycles. The molecule has 0 radical (unpaired) electrons. The van der Waals surface area contributed by atoms with E-state index in [2.05, 4.69) is 0 Å². The van der Waals surface area contributed by atoms with Gasteiger partial charge in [-0.3, -0.25) is 0 Å². The highest BCUT2D eigenvalue weighted by atomic mass is 35.5. The van der Waals surface area contributed by atoms with Crippen LogP contribution < -0.4 is 0 Å². The minimum absolute atomic E-state index is 0.0381. The van der Waals surface area contributed by atoms with Crippen molar-refractivity contribution in [2.45, 2.75) is 11.8 Å². The van der Waals surface area contributed by atoms with Crippen LogP contribution in [0.4, 0.5) is 0 Å². The molecular formula is C9H11ClO. The zero-order chi connectivity index (χ0) is 8.10. The highest BCUT2D eigenvalue weighted by molar-refractivity contribution is 6.20. The number of halogens is 1. The van der Waals surface area contributed by atoms with Crippen LogP contribution in [0.25, 0.3) is 0 Å². The summed E-state index contributed by atoms with van der Waals surface area (Å²) < 4.78 is 0. The number of hydrogen-bond donors (Lipinski definition) is 1. The summed E-state index contributed by atoms with van der Waals surface area (Å²) >= 11 is 5.75. The number of aliphatic hydroxyl groups excluding tert-OH is 1. The molecule has 0 bridgehead atoms. The maximum Gasteiger partial charge on any atom is 0.0607 e. The Bertz CT molecular complexity index is 198. The Morgan fingerprint density at radius 1 is 1.27 bits per heavy atom. The number of alkyl halides is 1. The van der Waals surface area contributed by atoms with E-state index in [4.69, 9.17) is 16.7 Å². The lowest BCUT2D eigenvalue weighted by Crippen LogP contribution is -2.07. The fourth-order valence-corrected chi connectivity index (χ4v) is 1.11. The predicted molar refractivity (Wildman–Crippen MR) is 46.9 cm³/mol. The minimum atomic E-state index is -0.155. The molecule has 0 aliphatic rings. The third-order valence-electron chi connectivity index (χ3n) is 1.50. The van der Waals surface area contributed by atoms with E-state index < -0.39 is 0 Å². The van der Waals surface area contributed by atoms with Gasteiger partial charge in [-0.1, -0.05) is 30.3 Å². The Morgan fingerprint density at radius 3 is 2.45 bits per heavy atom. The third kappa shape index (κ3) is 2.91. The van der Waals surface area contributed by atoms with Crippen molar-refractivity contribution in [2.24, 2.45) is 0 Å². The summed E-state index contributed by atoms with van der Waals surface area (Å²) in [7, 11) is 0. The molecule has 1 atom stereocenters. The Morgan fingerprint density at radius 2 is 1.91 bits per heavy atom. The van der Waals surface area contributed by atoms with Crippen molar-refractivity contribution < 1.29 is 5.11 Å². The molecule has 1 rings (SSSR count). The summed E-state index contributed by atoms with van der Waals surface area (Å²) in [4.78, 5) is 0. The van der Waals surface area contributed by atoms with Gasteiger partial charge in [-0.05, 0) is 12.0 Å². The SMILES string of the molecule is OC[C@H](Cl)Cc1ccccc1. The zero-order valence-corrected chi connectivity index (χ0v) is 6.96. The smallest absolute Gasteiger partial charge is 0.0607 e. The summed E-state index contributed by atoms with van der Waals surface area (Å²) in [5.74, 6) is 0. The van der Waals surface area contributed by atoms with Gasteiger partial charge in [0.05, 0.1) is 12.0 Å². The zero-order valence-electron chi connectivity index (χ0n) is 6.20. The minimum Gasteiger partial charge on any atom is -0.395 e. The summed E-state index contributed by atoms with van der Waals surface area (Å²) in [6, 6.07) is 9.91. The first kappa shape index (κ1) is 8.57. The highest BCUT2D eigenvalue weighted by Gasteiger charge is 2.02. The molecule has 0 saturated heterocycles. The normalized spacial score (nSPS) is 12.9. The fourth-order valence-electron chi connectivity index (χ4n) is 0.934. The number of aliphatic hydroxyl groups is 1. The first-order valence-corrected chi connectivity index (χ1v) is 4.05. The Hall–Kier alpha value is -0.530. The van der Waals surface area contributed by atoms with Crippen LogP contribution in [0.5, 0.6) is 0 Å². The lowest BCUT2D eigenvalue weighted by Gasteiger charge is -2.04. The maximum atomic E-state index is 8.66. The number of benzene rings is 1. The molecule has 1 N–H and O–H groups in total. The average molecular weight is 171 g/mol. The second kappa shape index (κ2) is 4.37. The summed E-state index contributed by atoms with van der Waals surface area (Å²) in [5.41, 5.74) is 1.17.